The molecule has 0 atom stereocenters. The van der Waals surface area contributed by atoms with Crippen LogP contribution >= 0.6 is 23.5 Å². The van der Waals surface area contributed by atoms with Gasteiger partial charge in [-0.05, 0) is 45.8 Å². The SMILES string of the molecule is [c]1cccc(Sc2cccc3ccccc23)c1Sc1cccc2ccccc12. The van der Waals surface area contributed by atoms with Crippen LogP contribution in [0.3, 0.4) is 0 Å². The molecule has 0 N–H and O–H groups in total. The van der Waals surface area contributed by atoms with Crippen LogP contribution in [0.1, 0.15) is 0 Å². The molecular formula is C26H17S2. The Labute approximate surface area is 173 Å². The third kappa shape index (κ3) is 3.42. The van der Waals surface area contributed by atoms with Gasteiger partial charge >= 0.3 is 0 Å². The van der Waals surface area contributed by atoms with E-state index >= 15 is 0 Å². The van der Waals surface area contributed by atoms with Gasteiger partial charge in [-0.2, -0.15) is 0 Å². The fourth-order valence-corrected chi connectivity index (χ4v) is 5.55. The average molecular weight is 394 g/mol. The first kappa shape index (κ1) is 17.4. The maximum atomic E-state index is 3.46. The van der Waals surface area contributed by atoms with Crippen molar-refractivity contribution >= 4 is 45.1 Å². The molecule has 0 fully saturated rings. The molecule has 0 heterocycles. The van der Waals surface area contributed by atoms with E-state index in [2.05, 4.69) is 103 Å². The van der Waals surface area contributed by atoms with Crippen molar-refractivity contribution in [3.63, 3.8) is 0 Å². The van der Waals surface area contributed by atoms with Gasteiger partial charge in [-0.25, -0.2) is 0 Å². The summed E-state index contributed by atoms with van der Waals surface area (Å²) in [5.41, 5.74) is 0. The van der Waals surface area contributed by atoms with Gasteiger partial charge < -0.3 is 0 Å². The van der Waals surface area contributed by atoms with Gasteiger partial charge in [-0.3, -0.25) is 0 Å². The van der Waals surface area contributed by atoms with Gasteiger partial charge in [0.15, 0.2) is 0 Å². The van der Waals surface area contributed by atoms with Crippen LogP contribution in [0.2, 0.25) is 0 Å². The van der Waals surface area contributed by atoms with E-state index in [1.165, 1.54) is 36.2 Å². The summed E-state index contributed by atoms with van der Waals surface area (Å²) in [6.07, 6.45) is 0. The van der Waals surface area contributed by atoms with E-state index in [0.29, 0.717) is 0 Å². The lowest BCUT2D eigenvalue weighted by molar-refractivity contribution is 1.23. The molecule has 0 aliphatic rings. The minimum atomic E-state index is 1.16. The molecule has 0 aliphatic carbocycles. The third-order valence-corrected chi connectivity index (χ3v) is 7.10. The average Bonchev–Trinajstić information content (AvgIpc) is 2.76. The Morgan fingerprint density at radius 3 is 1.68 bits per heavy atom. The van der Waals surface area contributed by atoms with Gasteiger partial charge in [0.2, 0.25) is 0 Å². The van der Waals surface area contributed by atoms with Crippen molar-refractivity contribution in [1.29, 1.82) is 0 Å². The molecule has 5 rings (SSSR count). The minimum absolute atomic E-state index is 1.16. The van der Waals surface area contributed by atoms with Crippen molar-refractivity contribution < 1.29 is 0 Å². The Morgan fingerprint density at radius 1 is 0.464 bits per heavy atom. The molecule has 1 radical (unpaired) electrons. The van der Waals surface area contributed by atoms with Crippen LogP contribution < -0.4 is 0 Å². The molecule has 28 heavy (non-hydrogen) atoms. The molecular weight excluding hydrogens is 376 g/mol. The fraction of sp³-hybridized carbons (Fsp3) is 0. The normalized spacial score (nSPS) is 11.1. The number of hydrogen-bond acceptors (Lipinski definition) is 2. The standard InChI is InChI=1S/C26H17S2/c1-3-13-21-19(9-1)11-7-17-23(21)27-25-15-5-6-16-26(25)28-24-18-8-12-20-10-2-4-14-22(20)24/h1-15,17-18H. The van der Waals surface area contributed by atoms with Gasteiger partial charge in [-0.15, -0.1) is 0 Å². The minimum Gasteiger partial charge on any atom is -0.0882 e. The van der Waals surface area contributed by atoms with E-state index in [4.69, 9.17) is 0 Å². The Hall–Kier alpha value is -2.68. The van der Waals surface area contributed by atoms with Crippen LogP contribution in [0.25, 0.3) is 21.5 Å². The molecule has 5 aromatic rings. The zero-order valence-corrected chi connectivity index (χ0v) is 16.8. The summed E-state index contributed by atoms with van der Waals surface area (Å²) in [4.78, 5) is 4.94. The molecule has 0 nitrogen and oxygen atoms in total. The van der Waals surface area contributed by atoms with Crippen LogP contribution in [-0.4, -0.2) is 0 Å². The summed E-state index contributed by atoms with van der Waals surface area (Å²) in [6.45, 7) is 0. The van der Waals surface area contributed by atoms with Crippen molar-refractivity contribution in [3.8, 4) is 0 Å². The number of hydrogen-bond donors (Lipinski definition) is 0. The Kier molecular flexibility index (Phi) is 4.82. The molecule has 0 bridgehead atoms. The summed E-state index contributed by atoms with van der Waals surface area (Å²) in [6, 6.07) is 39.8. The monoisotopic (exact) mass is 393 g/mol. The first-order valence-electron chi connectivity index (χ1n) is 9.20. The number of fused-ring (bicyclic) bond motifs is 2. The molecule has 0 spiro atoms. The molecule has 5 aromatic carbocycles. The lowest BCUT2D eigenvalue weighted by Crippen LogP contribution is -1.83. The number of rotatable bonds is 4. The van der Waals surface area contributed by atoms with E-state index in [1.54, 1.807) is 11.8 Å². The van der Waals surface area contributed by atoms with Crippen LogP contribution in [0.15, 0.2) is 123 Å². The first-order chi connectivity index (χ1) is 13.9. The molecule has 0 aromatic heterocycles. The Balaban J connectivity index is 1.54. The second-order valence-electron chi connectivity index (χ2n) is 6.52. The third-order valence-electron chi connectivity index (χ3n) is 4.71. The van der Waals surface area contributed by atoms with Gasteiger partial charge in [-0.1, -0.05) is 108 Å². The van der Waals surface area contributed by atoms with Crippen LogP contribution in [0.5, 0.6) is 0 Å². The van der Waals surface area contributed by atoms with E-state index in [-0.39, 0.29) is 0 Å². The lowest BCUT2D eigenvalue weighted by Gasteiger charge is -2.12. The second-order valence-corrected chi connectivity index (χ2v) is 8.66. The van der Waals surface area contributed by atoms with Gasteiger partial charge in [0.25, 0.3) is 0 Å². The molecule has 0 amide bonds. The molecule has 0 saturated carbocycles. The molecule has 0 aliphatic heterocycles. The Bertz CT molecular complexity index is 1160. The predicted octanol–water partition coefficient (Wildman–Crippen LogP) is 8.10. The summed E-state index contributed by atoms with van der Waals surface area (Å²) in [5, 5.41) is 5.12. The van der Waals surface area contributed by atoms with Crippen molar-refractivity contribution in [3.05, 3.63) is 109 Å². The largest absolute Gasteiger partial charge is 0.0882 e. The first-order valence-corrected chi connectivity index (χ1v) is 10.8. The topological polar surface area (TPSA) is 0 Å². The van der Waals surface area contributed by atoms with Crippen LogP contribution in [-0.2, 0) is 0 Å². The van der Waals surface area contributed by atoms with Crippen LogP contribution in [0, 0.1) is 6.07 Å². The van der Waals surface area contributed by atoms with Crippen molar-refractivity contribution in [2.45, 2.75) is 19.6 Å². The summed E-state index contributed by atoms with van der Waals surface area (Å²) >= 11 is 3.61. The summed E-state index contributed by atoms with van der Waals surface area (Å²) < 4.78 is 0. The van der Waals surface area contributed by atoms with Gasteiger partial charge in [0, 0.05) is 19.6 Å². The summed E-state index contributed by atoms with van der Waals surface area (Å²) in [7, 11) is 0. The fourth-order valence-electron chi connectivity index (χ4n) is 3.36. The lowest BCUT2D eigenvalue weighted by atomic mass is 10.1. The quantitative estimate of drug-likeness (QED) is 0.302. The molecule has 2 heteroatoms. The van der Waals surface area contributed by atoms with E-state index in [1.807, 2.05) is 17.8 Å². The van der Waals surface area contributed by atoms with Gasteiger partial charge in [0.05, 0.1) is 0 Å². The van der Waals surface area contributed by atoms with Crippen molar-refractivity contribution in [2.24, 2.45) is 0 Å². The summed E-state index contributed by atoms with van der Waals surface area (Å²) in [5.74, 6) is 0. The van der Waals surface area contributed by atoms with E-state index < -0.39 is 0 Å². The smallest absolute Gasteiger partial charge is 0.0341 e. The number of benzene rings is 5. The highest BCUT2D eigenvalue weighted by Crippen LogP contribution is 2.42. The predicted molar refractivity (Wildman–Crippen MR) is 121 cm³/mol. The zero-order chi connectivity index (χ0) is 18.8. The Morgan fingerprint density at radius 2 is 1.00 bits per heavy atom. The van der Waals surface area contributed by atoms with Crippen molar-refractivity contribution in [1.82, 2.24) is 0 Å². The maximum absolute atomic E-state index is 3.46. The highest BCUT2D eigenvalue weighted by molar-refractivity contribution is 8.02. The van der Waals surface area contributed by atoms with Gasteiger partial charge in [0.1, 0.15) is 0 Å². The molecule has 0 unspecified atom stereocenters. The highest BCUT2D eigenvalue weighted by atomic mass is 32.2. The van der Waals surface area contributed by atoms with E-state index in [0.717, 1.165) is 4.90 Å². The zero-order valence-electron chi connectivity index (χ0n) is 15.1. The second kappa shape index (κ2) is 7.75. The maximum Gasteiger partial charge on any atom is 0.0341 e. The molecule has 0 saturated heterocycles. The van der Waals surface area contributed by atoms with E-state index in [9.17, 15) is 0 Å². The van der Waals surface area contributed by atoms with Crippen LogP contribution in [0.4, 0.5) is 0 Å². The molecule has 133 valence electrons. The van der Waals surface area contributed by atoms with Crippen molar-refractivity contribution in [2.75, 3.05) is 0 Å². The highest BCUT2D eigenvalue weighted by Gasteiger charge is 2.10.